The molecule has 1 aliphatic heterocycles. The Balaban J connectivity index is 1.47. The third-order valence-corrected chi connectivity index (χ3v) is 5.06. The highest BCUT2D eigenvalue weighted by atomic mass is 16.5. The number of urea groups is 1. The van der Waals surface area contributed by atoms with Gasteiger partial charge in [-0.2, -0.15) is 0 Å². The number of aliphatic hydroxyl groups is 1. The number of aliphatic hydroxyl groups excluding tert-OH is 1. The third-order valence-electron chi connectivity index (χ3n) is 5.06. The number of hydrogen-bond acceptors (Lipinski definition) is 3. The summed E-state index contributed by atoms with van der Waals surface area (Å²) in [5.74, 6) is 0.208. The molecule has 0 aromatic heterocycles. The number of rotatable bonds is 5. The number of amides is 2. The molecule has 5 nitrogen and oxygen atoms in total. The lowest BCUT2D eigenvalue weighted by atomic mass is 9.99. The van der Waals surface area contributed by atoms with E-state index >= 15 is 0 Å². The van der Waals surface area contributed by atoms with Crippen LogP contribution in [-0.2, 0) is 11.3 Å². The Hall–Kier alpha value is -1.59. The van der Waals surface area contributed by atoms with Gasteiger partial charge in [0.05, 0.1) is 12.7 Å². The summed E-state index contributed by atoms with van der Waals surface area (Å²) in [6, 6.07) is 7.80. The van der Waals surface area contributed by atoms with Gasteiger partial charge < -0.3 is 20.1 Å². The summed E-state index contributed by atoms with van der Waals surface area (Å²) in [6.07, 6.45) is 7.29. The van der Waals surface area contributed by atoms with E-state index in [1.165, 1.54) is 25.7 Å². The maximum atomic E-state index is 12.3. The molecule has 1 heterocycles. The number of nitrogens with one attached hydrogen (secondary N) is 1. The van der Waals surface area contributed by atoms with Crippen molar-refractivity contribution < 1.29 is 14.6 Å². The number of ether oxygens (including phenoxy) is 1. The van der Waals surface area contributed by atoms with E-state index in [1.807, 2.05) is 24.3 Å². The van der Waals surface area contributed by atoms with Crippen molar-refractivity contribution in [2.45, 2.75) is 51.2 Å². The van der Waals surface area contributed by atoms with Crippen LogP contribution in [0, 0.1) is 5.92 Å². The summed E-state index contributed by atoms with van der Waals surface area (Å²) >= 11 is 0. The minimum absolute atomic E-state index is 0.0805. The lowest BCUT2D eigenvalue weighted by Gasteiger charge is -2.31. The molecule has 1 atom stereocenters. The number of piperidine rings is 1. The SMILES string of the molecule is O=C(Nc1ccc(COC2CCCC2)cc1)N1CCCC(CO)C1. The first-order valence-corrected chi connectivity index (χ1v) is 9.12. The first-order chi connectivity index (χ1) is 11.7. The summed E-state index contributed by atoms with van der Waals surface area (Å²) in [5.41, 5.74) is 1.94. The van der Waals surface area contributed by atoms with Crippen LogP contribution in [0.2, 0.25) is 0 Å². The molecule has 3 rings (SSSR count). The average Bonchev–Trinajstić information content (AvgIpc) is 3.15. The van der Waals surface area contributed by atoms with Crippen molar-refractivity contribution in [3.8, 4) is 0 Å². The normalized spacial score (nSPS) is 21.9. The van der Waals surface area contributed by atoms with Crippen LogP contribution in [0.3, 0.4) is 0 Å². The smallest absolute Gasteiger partial charge is 0.321 e. The van der Waals surface area contributed by atoms with Gasteiger partial charge in [-0.1, -0.05) is 25.0 Å². The molecule has 5 heteroatoms. The second-order valence-corrected chi connectivity index (χ2v) is 6.98. The van der Waals surface area contributed by atoms with E-state index in [0.29, 0.717) is 19.3 Å². The minimum Gasteiger partial charge on any atom is -0.396 e. The number of nitrogens with zero attached hydrogens (tertiary/aromatic N) is 1. The van der Waals surface area contributed by atoms with Crippen LogP contribution in [0.4, 0.5) is 10.5 Å². The van der Waals surface area contributed by atoms with Gasteiger partial charge in [0.25, 0.3) is 0 Å². The maximum absolute atomic E-state index is 12.3. The number of carbonyl (C=O) groups excluding carboxylic acids is 1. The van der Waals surface area contributed by atoms with E-state index in [4.69, 9.17) is 4.74 Å². The van der Waals surface area contributed by atoms with E-state index in [2.05, 4.69) is 5.32 Å². The monoisotopic (exact) mass is 332 g/mol. The standard InChI is InChI=1S/C19H28N2O3/c22-13-16-4-3-11-21(12-16)19(23)20-17-9-7-15(8-10-17)14-24-18-5-1-2-6-18/h7-10,16,18,22H,1-6,11-14H2,(H,20,23). The van der Waals surface area contributed by atoms with Crippen LogP contribution in [0.25, 0.3) is 0 Å². The van der Waals surface area contributed by atoms with E-state index in [0.717, 1.165) is 30.6 Å². The van der Waals surface area contributed by atoms with Crippen LogP contribution in [0.5, 0.6) is 0 Å². The Morgan fingerprint density at radius 2 is 1.92 bits per heavy atom. The quantitative estimate of drug-likeness (QED) is 0.869. The molecule has 1 saturated heterocycles. The molecule has 2 fully saturated rings. The number of carbonyl (C=O) groups is 1. The third kappa shape index (κ3) is 4.71. The highest BCUT2D eigenvalue weighted by Crippen LogP contribution is 2.22. The molecule has 1 unspecified atom stereocenters. The summed E-state index contributed by atoms with van der Waals surface area (Å²) in [5, 5.41) is 12.2. The molecule has 1 saturated carbocycles. The molecular weight excluding hydrogens is 304 g/mol. The molecule has 24 heavy (non-hydrogen) atoms. The van der Waals surface area contributed by atoms with Crippen molar-refractivity contribution in [2.75, 3.05) is 25.0 Å². The van der Waals surface area contributed by atoms with Crippen molar-refractivity contribution in [1.29, 1.82) is 0 Å². The van der Waals surface area contributed by atoms with Crippen LogP contribution in [-0.4, -0.2) is 41.8 Å². The fourth-order valence-corrected chi connectivity index (χ4v) is 3.55. The van der Waals surface area contributed by atoms with Gasteiger partial charge in [-0.05, 0) is 49.3 Å². The first-order valence-electron chi connectivity index (χ1n) is 9.12. The van der Waals surface area contributed by atoms with Gasteiger partial charge in [-0.25, -0.2) is 4.79 Å². The largest absolute Gasteiger partial charge is 0.396 e. The summed E-state index contributed by atoms with van der Waals surface area (Å²) in [6.45, 7) is 2.19. The molecule has 0 bridgehead atoms. The minimum atomic E-state index is -0.0805. The van der Waals surface area contributed by atoms with Gasteiger partial charge >= 0.3 is 6.03 Å². The van der Waals surface area contributed by atoms with E-state index in [-0.39, 0.29) is 18.6 Å². The van der Waals surface area contributed by atoms with Crippen molar-refractivity contribution in [3.63, 3.8) is 0 Å². The van der Waals surface area contributed by atoms with Crippen molar-refractivity contribution in [3.05, 3.63) is 29.8 Å². The summed E-state index contributed by atoms with van der Waals surface area (Å²) < 4.78 is 5.91. The Morgan fingerprint density at radius 3 is 2.62 bits per heavy atom. The zero-order valence-electron chi connectivity index (χ0n) is 14.2. The van der Waals surface area contributed by atoms with Crippen molar-refractivity contribution in [2.24, 2.45) is 5.92 Å². The fraction of sp³-hybridized carbons (Fsp3) is 0.632. The Bertz CT molecular complexity index is 526. The zero-order chi connectivity index (χ0) is 16.8. The van der Waals surface area contributed by atoms with E-state index in [1.54, 1.807) is 4.90 Å². The lowest BCUT2D eigenvalue weighted by molar-refractivity contribution is 0.0457. The van der Waals surface area contributed by atoms with Gasteiger partial charge in [-0.15, -0.1) is 0 Å². The Kier molecular flexibility index (Phi) is 6.10. The molecule has 2 amide bonds. The Morgan fingerprint density at radius 1 is 1.17 bits per heavy atom. The second kappa shape index (κ2) is 8.49. The fourth-order valence-electron chi connectivity index (χ4n) is 3.55. The zero-order valence-corrected chi connectivity index (χ0v) is 14.2. The predicted octanol–water partition coefficient (Wildman–Crippen LogP) is 3.38. The molecule has 2 aliphatic rings. The van der Waals surface area contributed by atoms with Gasteiger partial charge in [0.2, 0.25) is 0 Å². The number of benzene rings is 1. The number of likely N-dealkylation sites (tertiary alicyclic amines) is 1. The highest BCUT2D eigenvalue weighted by Gasteiger charge is 2.23. The molecule has 0 radical (unpaired) electrons. The average molecular weight is 332 g/mol. The van der Waals surface area contributed by atoms with Gasteiger partial charge in [0.15, 0.2) is 0 Å². The molecule has 1 aliphatic carbocycles. The van der Waals surface area contributed by atoms with Crippen LogP contribution >= 0.6 is 0 Å². The van der Waals surface area contributed by atoms with Crippen LogP contribution in [0.1, 0.15) is 44.1 Å². The molecule has 2 N–H and O–H groups in total. The topological polar surface area (TPSA) is 61.8 Å². The number of anilines is 1. The molecule has 1 aromatic rings. The first kappa shape index (κ1) is 17.2. The molecule has 1 aromatic carbocycles. The molecular formula is C19H28N2O3. The number of hydrogen-bond donors (Lipinski definition) is 2. The van der Waals surface area contributed by atoms with Crippen LogP contribution in [0.15, 0.2) is 24.3 Å². The van der Waals surface area contributed by atoms with Gasteiger partial charge in [0.1, 0.15) is 0 Å². The second-order valence-electron chi connectivity index (χ2n) is 6.98. The lowest BCUT2D eigenvalue weighted by Crippen LogP contribution is -2.43. The predicted molar refractivity (Wildman–Crippen MR) is 93.9 cm³/mol. The van der Waals surface area contributed by atoms with Crippen molar-refractivity contribution >= 4 is 11.7 Å². The van der Waals surface area contributed by atoms with E-state index < -0.39 is 0 Å². The van der Waals surface area contributed by atoms with E-state index in [9.17, 15) is 9.90 Å². The van der Waals surface area contributed by atoms with Gasteiger partial charge in [-0.3, -0.25) is 0 Å². The maximum Gasteiger partial charge on any atom is 0.321 e. The highest BCUT2D eigenvalue weighted by molar-refractivity contribution is 5.89. The molecule has 0 spiro atoms. The van der Waals surface area contributed by atoms with Crippen LogP contribution < -0.4 is 5.32 Å². The van der Waals surface area contributed by atoms with Crippen molar-refractivity contribution in [1.82, 2.24) is 4.90 Å². The Labute approximate surface area is 144 Å². The summed E-state index contributed by atoms with van der Waals surface area (Å²) in [7, 11) is 0. The van der Waals surface area contributed by atoms with Gasteiger partial charge in [0, 0.05) is 25.4 Å². The molecule has 132 valence electrons. The summed E-state index contributed by atoms with van der Waals surface area (Å²) in [4.78, 5) is 14.1.